The van der Waals surface area contributed by atoms with Crippen LogP contribution in [-0.2, 0) is 22.5 Å². The van der Waals surface area contributed by atoms with Crippen molar-refractivity contribution in [2.45, 2.75) is 38.8 Å². The van der Waals surface area contributed by atoms with E-state index in [1.54, 1.807) is 7.11 Å². The number of carbonyl (C=O) groups is 1. The Balaban J connectivity index is 1.58. The van der Waals surface area contributed by atoms with Crippen LogP contribution in [0.1, 0.15) is 37.3 Å². The van der Waals surface area contributed by atoms with Crippen molar-refractivity contribution < 1.29 is 9.53 Å². The molecular formula is C16H26N4O2. The Bertz CT molecular complexity index is 524. The molecule has 0 spiro atoms. The number of nitrogens with one attached hydrogen (secondary N) is 1. The number of hydrogen-bond acceptors (Lipinski definition) is 4. The molecular weight excluding hydrogens is 280 g/mol. The monoisotopic (exact) mass is 306 g/mol. The van der Waals surface area contributed by atoms with Crippen LogP contribution in [0.4, 0.5) is 0 Å². The minimum Gasteiger partial charge on any atom is -0.383 e. The molecule has 1 aromatic rings. The molecule has 2 aliphatic rings. The lowest BCUT2D eigenvalue weighted by molar-refractivity contribution is -0.120. The second-order valence-corrected chi connectivity index (χ2v) is 6.42. The van der Waals surface area contributed by atoms with Gasteiger partial charge in [0.15, 0.2) is 0 Å². The number of fused-ring (bicyclic) bond motifs is 1. The van der Waals surface area contributed by atoms with Crippen molar-refractivity contribution in [3.8, 4) is 0 Å². The lowest BCUT2D eigenvalue weighted by Gasteiger charge is -2.33. The van der Waals surface area contributed by atoms with Gasteiger partial charge in [-0.25, -0.2) is 4.98 Å². The number of rotatable bonds is 7. The van der Waals surface area contributed by atoms with Crippen molar-refractivity contribution in [2.75, 3.05) is 33.4 Å². The minimum absolute atomic E-state index is 0.00925. The van der Waals surface area contributed by atoms with Gasteiger partial charge < -0.3 is 14.6 Å². The van der Waals surface area contributed by atoms with Crippen molar-refractivity contribution in [1.29, 1.82) is 0 Å². The first-order valence-electron chi connectivity index (χ1n) is 8.23. The minimum atomic E-state index is 0.00925. The number of carbonyl (C=O) groups excluding carboxylic acids is 1. The molecule has 0 aromatic carbocycles. The molecule has 6 heteroatoms. The van der Waals surface area contributed by atoms with E-state index in [0.29, 0.717) is 25.6 Å². The Labute approximate surface area is 131 Å². The van der Waals surface area contributed by atoms with Crippen LogP contribution in [-0.4, -0.2) is 53.7 Å². The number of nitrogens with zero attached hydrogens (tertiary/aromatic N) is 3. The molecule has 6 nitrogen and oxygen atoms in total. The molecule has 1 aliphatic heterocycles. The Morgan fingerprint density at radius 3 is 3.00 bits per heavy atom. The number of imidazole rings is 1. The van der Waals surface area contributed by atoms with Gasteiger partial charge in [-0.15, -0.1) is 0 Å². The molecule has 0 radical (unpaired) electrons. The summed E-state index contributed by atoms with van der Waals surface area (Å²) in [5.41, 5.74) is 0.866. The van der Waals surface area contributed by atoms with Gasteiger partial charge in [-0.3, -0.25) is 9.69 Å². The molecule has 2 heterocycles. The number of hydrogen-bond donors (Lipinski definition) is 1. The third kappa shape index (κ3) is 3.67. The summed E-state index contributed by atoms with van der Waals surface area (Å²) in [7, 11) is 1.63. The summed E-state index contributed by atoms with van der Waals surface area (Å²) in [6.45, 7) is 6.57. The Kier molecular flexibility index (Phi) is 4.78. The maximum Gasteiger partial charge on any atom is 0.226 e. The number of amides is 1. The van der Waals surface area contributed by atoms with Gasteiger partial charge in [0.25, 0.3) is 0 Å². The van der Waals surface area contributed by atoms with Gasteiger partial charge >= 0.3 is 0 Å². The molecule has 1 fully saturated rings. The molecule has 1 amide bonds. The summed E-state index contributed by atoms with van der Waals surface area (Å²) in [4.78, 5) is 19.1. The fraction of sp³-hybridized carbons (Fsp3) is 0.750. The van der Waals surface area contributed by atoms with E-state index in [9.17, 15) is 4.79 Å². The maximum absolute atomic E-state index is 11.9. The molecule has 1 N–H and O–H groups in total. The lowest BCUT2D eigenvalue weighted by atomic mass is 10.2. The Morgan fingerprint density at radius 2 is 2.27 bits per heavy atom. The van der Waals surface area contributed by atoms with Gasteiger partial charge in [0.2, 0.25) is 5.91 Å². The van der Waals surface area contributed by atoms with Crippen molar-refractivity contribution >= 4 is 5.91 Å². The maximum atomic E-state index is 11.9. The van der Waals surface area contributed by atoms with Crippen molar-refractivity contribution in [3.05, 3.63) is 17.7 Å². The molecule has 122 valence electrons. The Morgan fingerprint density at radius 1 is 1.45 bits per heavy atom. The predicted molar refractivity (Wildman–Crippen MR) is 83.5 cm³/mol. The summed E-state index contributed by atoms with van der Waals surface area (Å²) in [5, 5.41) is 2.84. The van der Waals surface area contributed by atoms with Crippen molar-refractivity contribution in [1.82, 2.24) is 19.8 Å². The zero-order valence-electron chi connectivity index (χ0n) is 13.5. The summed E-state index contributed by atoms with van der Waals surface area (Å²) >= 11 is 0. The highest BCUT2D eigenvalue weighted by molar-refractivity contribution is 5.78. The second-order valence-electron chi connectivity index (χ2n) is 6.42. The largest absolute Gasteiger partial charge is 0.383 e. The number of methoxy groups -OCH3 is 1. The average molecular weight is 306 g/mol. The van der Waals surface area contributed by atoms with Crippen molar-refractivity contribution in [3.63, 3.8) is 0 Å². The van der Waals surface area contributed by atoms with Crippen LogP contribution in [0.15, 0.2) is 6.20 Å². The van der Waals surface area contributed by atoms with Crippen LogP contribution in [0.25, 0.3) is 0 Å². The van der Waals surface area contributed by atoms with Crippen LogP contribution >= 0.6 is 0 Å². The van der Waals surface area contributed by atoms with E-state index >= 15 is 0 Å². The highest BCUT2D eigenvalue weighted by atomic mass is 16.5. The summed E-state index contributed by atoms with van der Waals surface area (Å²) < 4.78 is 7.15. The van der Waals surface area contributed by atoms with Crippen LogP contribution in [0.2, 0.25) is 0 Å². The van der Waals surface area contributed by atoms with Crippen LogP contribution in [0.5, 0.6) is 0 Å². The van der Waals surface area contributed by atoms with Gasteiger partial charge in [0.1, 0.15) is 5.82 Å². The molecule has 0 bridgehead atoms. The second kappa shape index (κ2) is 6.79. The quantitative estimate of drug-likeness (QED) is 0.763. The van der Waals surface area contributed by atoms with E-state index in [0.717, 1.165) is 30.5 Å². The van der Waals surface area contributed by atoms with E-state index in [1.807, 2.05) is 6.20 Å². The van der Waals surface area contributed by atoms with E-state index in [4.69, 9.17) is 9.72 Å². The van der Waals surface area contributed by atoms with Gasteiger partial charge in [-0.1, -0.05) is 0 Å². The molecule has 1 aliphatic carbocycles. The highest BCUT2D eigenvalue weighted by Crippen LogP contribution is 2.33. The number of ether oxygens (including phenoxy) is 1. The fourth-order valence-corrected chi connectivity index (χ4v) is 3.08. The zero-order chi connectivity index (χ0) is 15.5. The van der Waals surface area contributed by atoms with Crippen LogP contribution < -0.4 is 5.32 Å². The average Bonchev–Trinajstić information content (AvgIpc) is 3.21. The first-order chi connectivity index (χ1) is 10.7. The summed E-state index contributed by atoms with van der Waals surface area (Å²) in [5.74, 6) is 2.01. The normalized spacial score (nSPS) is 21.6. The lowest BCUT2D eigenvalue weighted by Crippen LogP contribution is -2.38. The molecule has 0 saturated heterocycles. The molecule has 1 saturated carbocycles. The van der Waals surface area contributed by atoms with E-state index < -0.39 is 0 Å². The molecule has 3 rings (SSSR count). The third-order valence-electron chi connectivity index (χ3n) is 4.57. The summed E-state index contributed by atoms with van der Waals surface area (Å²) in [6, 6.07) is 0.347. The fourth-order valence-electron chi connectivity index (χ4n) is 3.08. The Hall–Kier alpha value is -1.40. The highest BCUT2D eigenvalue weighted by Gasteiger charge is 2.31. The molecule has 1 unspecified atom stereocenters. The zero-order valence-corrected chi connectivity index (χ0v) is 13.5. The topological polar surface area (TPSA) is 59.4 Å². The van der Waals surface area contributed by atoms with Crippen molar-refractivity contribution in [2.24, 2.45) is 5.92 Å². The first kappa shape index (κ1) is 15.5. The van der Waals surface area contributed by atoms with E-state index in [2.05, 4.69) is 21.7 Å². The molecule has 22 heavy (non-hydrogen) atoms. The van der Waals surface area contributed by atoms with E-state index in [-0.39, 0.29) is 5.91 Å². The van der Waals surface area contributed by atoms with E-state index in [1.165, 1.54) is 19.4 Å². The standard InChI is InChI=1S/C16H26N4O2/c1-12-16-18-14(9-15(21)17-5-8-22-2)11-20(16)7-6-19(12)10-13-3-4-13/h11-13H,3-10H2,1-2H3,(H,17,21). The van der Waals surface area contributed by atoms with Crippen LogP contribution in [0, 0.1) is 5.92 Å². The summed E-state index contributed by atoms with van der Waals surface area (Å²) in [6.07, 6.45) is 5.14. The number of aromatic nitrogens is 2. The SMILES string of the molecule is COCCNC(=O)Cc1cn2c(n1)C(C)N(CC1CC1)CC2. The predicted octanol–water partition coefficient (Wildman–Crippen LogP) is 0.975. The third-order valence-corrected chi connectivity index (χ3v) is 4.57. The van der Waals surface area contributed by atoms with Gasteiger partial charge in [-0.05, 0) is 25.7 Å². The first-order valence-corrected chi connectivity index (χ1v) is 8.23. The van der Waals surface area contributed by atoms with Gasteiger partial charge in [0.05, 0.1) is 24.8 Å². The smallest absolute Gasteiger partial charge is 0.226 e. The van der Waals surface area contributed by atoms with Crippen LogP contribution in [0.3, 0.4) is 0 Å². The molecule has 1 atom stereocenters. The molecule has 1 aromatic heterocycles. The van der Waals surface area contributed by atoms with Gasteiger partial charge in [-0.2, -0.15) is 0 Å². The van der Waals surface area contributed by atoms with Gasteiger partial charge in [0, 0.05) is 39.5 Å².